The van der Waals surface area contributed by atoms with Gasteiger partial charge in [0.1, 0.15) is 5.65 Å². The van der Waals surface area contributed by atoms with Crippen molar-refractivity contribution in [3.8, 4) is 22.3 Å². The zero-order valence-electron chi connectivity index (χ0n) is 28.6. The summed E-state index contributed by atoms with van der Waals surface area (Å²) in [4.78, 5) is 4.89. The van der Waals surface area contributed by atoms with E-state index in [0.29, 0.717) is 0 Å². The number of aromatic nitrogens is 3. The first kappa shape index (κ1) is 28.5. The Bertz CT molecular complexity index is 3350. The summed E-state index contributed by atoms with van der Waals surface area (Å²) in [5, 5.41) is 12.4. The SMILES string of the molecule is C1=CC=CC=C(n2c3ccccc3c3ccc(-c4c5ccccc5c(-c5cc6c7ccccc7n7c8ncccc8c(c5)c67)c5ccccc45)cc32)C=1. The standard InChI is InChI=1S/C50H29N3/c1-2-4-15-33(14-3-1)52-44-23-11-9-16-34(44)36-26-25-31(30-46(36)52)47-37-18-5-7-20-39(37)48(40-21-8-6-19-38(40)47)32-28-42-35-17-10-12-24-45(35)53-49(42)43(29-32)41-22-13-27-51-50(41)53/h1-3,5-30H. The van der Waals surface area contributed by atoms with Crippen molar-refractivity contribution in [2.45, 2.75) is 0 Å². The molecule has 0 N–H and O–H groups in total. The molecule has 0 amide bonds. The van der Waals surface area contributed by atoms with Crippen LogP contribution in [0.4, 0.5) is 0 Å². The molecule has 244 valence electrons. The number of allylic oxidation sites excluding steroid dienone is 5. The highest BCUT2D eigenvalue weighted by Crippen LogP contribution is 2.48. The molecule has 0 atom stereocenters. The summed E-state index contributed by atoms with van der Waals surface area (Å²) in [7, 11) is 0. The van der Waals surface area contributed by atoms with Gasteiger partial charge in [-0.2, -0.15) is 0 Å². The fourth-order valence-electron chi connectivity index (χ4n) is 9.19. The molecule has 1 aliphatic rings. The van der Waals surface area contributed by atoms with Crippen LogP contribution >= 0.6 is 0 Å². The number of benzene rings is 7. The molecule has 7 aromatic carbocycles. The van der Waals surface area contributed by atoms with E-state index in [-0.39, 0.29) is 0 Å². The van der Waals surface area contributed by atoms with Gasteiger partial charge in [-0.25, -0.2) is 4.98 Å². The molecule has 4 aromatic heterocycles. The second-order valence-electron chi connectivity index (χ2n) is 14.0. The average Bonchev–Trinajstić information content (AvgIpc) is 3.75. The van der Waals surface area contributed by atoms with Crippen LogP contribution in [0, 0.1) is 0 Å². The van der Waals surface area contributed by atoms with E-state index in [1.165, 1.54) is 98.2 Å². The minimum absolute atomic E-state index is 1.01. The van der Waals surface area contributed by atoms with Gasteiger partial charge in [0.25, 0.3) is 0 Å². The molecule has 0 bridgehead atoms. The number of nitrogens with zero attached hydrogens (tertiary/aromatic N) is 3. The van der Waals surface area contributed by atoms with E-state index in [0.717, 1.165) is 11.3 Å². The average molecular weight is 672 g/mol. The van der Waals surface area contributed by atoms with Crippen molar-refractivity contribution in [2.75, 3.05) is 0 Å². The van der Waals surface area contributed by atoms with Crippen molar-refractivity contribution in [1.82, 2.24) is 14.0 Å². The number of fused-ring (bicyclic) bond motifs is 11. The summed E-state index contributed by atoms with van der Waals surface area (Å²) in [6.07, 6.45) is 12.2. The molecule has 0 saturated carbocycles. The number of hydrogen-bond donors (Lipinski definition) is 0. The molecule has 0 spiro atoms. The minimum atomic E-state index is 1.01. The quantitative estimate of drug-likeness (QED) is 0.135. The summed E-state index contributed by atoms with van der Waals surface area (Å²) in [5.41, 5.74) is 15.1. The predicted molar refractivity (Wildman–Crippen MR) is 224 cm³/mol. The molecule has 3 heteroatoms. The summed E-state index contributed by atoms with van der Waals surface area (Å²) in [6.45, 7) is 0. The van der Waals surface area contributed by atoms with E-state index >= 15 is 0 Å². The monoisotopic (exact) mass is 671 g/mol. The molecule has 0 saturated heterocycles. The van der Waals surface area contributed by atoms with Gasteiger partial charge in [0.05, 0.1) is 27.8 Å². The first-order valence-corrected chi connectivity index (χ1v) is 18.1. The highest BCUT2D eigenvalue weighted by molar-refractivity contribution is 6.27. The lowest BCUT2D eigenvalue weighted by atomic mass is 9.85. The molecule has 12 rings (SSSR count). The Morgan fingerprint density at radius 2 is 1.04 bits per heavy atom. The third kappa shape index (κ3) is 3.86. The number of para-hydroxylation sites is 2. The van der Waals surface area contributed by atoms with Crippen LogP contribution in [0.2, 0.25) is 0 Å². The van der Waals surface area contributed by atoms with E-state index in [1.54, 1.807) is 0 Å². The molecule has 1 aliphatic carbocycles. The van der Waals surface area contributed by atoms with Gasteiger partial charge in [-0.1, -0.05) is 109 Å². The zero-order chi connectivity index (χ0) is 34.6. The Hall–Kier alpha value is -7.19. The Morgan fingerprint density at radius 1 is 0.453 bits per heavy atom. The lowest BCUT2D eigenvalue weighted by molar-refractivity contribution is 1.24. The van der Waals surface area contributed by atoms with Gasteiger partial charge in [-0.15, -0.1) is 5.73 Å². The van der Waals surface area contributed by atoms with Crippen LogP contribution < -0.4 is 0 Å². The van der Waals surface area contributed by atoms with Crippen LogP contribution in [-0.2, 0) is 0 Å². The van der Waals surface area contributed by atoms with Crippen LogP contribution in [0.15, 0.2) is 182 Å². The lowest BCUT2D eigenvalue weighted by Crippen LogP contribution is -1.95. The molecule has 0 fully saturated rings. The number of hydrogen-bond acceptors (Lipinski definition) is 1. The van der Waals surface area contributed by atoms with Gasteiger partial charge in [0.2, 0.25) is 0 Å². The molecule has 0 radical (unpaired) electrons. The zero-order valence-corrected chi connectivity index (χ0v) is 28.6. The van der Waals surface area contributed by atoms with E-state index in [2.05, 4.69) is 172 Å². The highest BCUT2D eigenvalue weighted by atomic mass is 15.0. The molecule has 0 unspecified atom stereocenters. The maximum atomic E-state index is 4.89. The number of rotatable bonds is 3. The molecule has 4 heterocycles. The van der Waals surface area contributed by atoms with Crippen LogP contribution in [-0.4, -0.2) is 14.0 Å². The third-order valence-electron chi connectivity index (χ3n) is 11.3. The van der Waals surface area contributed by atoms with Crippen LogP contribution in [0.5, 0.6) is 0 Å². The first-order valence-electron chi connectivity index (χ1n) is 18.1. The Labute approximate surface area is 304 Å². The first-order chi connectivity index (χ1) is 26.3. The van der Waals surface area contributed by atoms with Crippen molar-refractivity contribution in [3.63, 3.8) is 0 Å². The third-order valence-corrected chi connectivity index (χ3v) is 11.3. The normalized spacial score (nSPS) is 13.2. The van der Waals surface area contributed by atoms with Crippen LogP contribution in [0.3, 0.4) is 0 Å². The Balaban J connectivity index is 1.19. The van der Waals surface area contributed by atoms with E-state index in [4.69, 9.17) is 4.98 Å². The van der Waals surface area contributed by atoms with Crippen LogP contribution in [0.1, 0.15) is 0 Å². The molecular weight excluding hydrogens is 643 g/mol. The Morgan fingerprint density at radius 3 is 1.77 bits per heavy atom. The fourth-order valence-corrected chi connectivity index (χ4v) is 9.19. The Kier molecular flexibility index (Phi) is 5.73. The molecule has 53 heavy (non-hydrogen) atoms. The van der Waals surface area contributed by atoms with Gasteiger partial charge in [0, 0.05) is 44.6 Å². The van der Waals surface area contributed by atoms with Gasteiger partial charge < -0.3 is 4.57 Å². The number of pyridine rings is 1. The van der Waals surface area contributed by atoms with Crippen molar-refractivity contribution < 1.29 is 0 Å². The summed E-state index contributed by atoms with van der Waals surface area (Å²) in [6, 6.07) is 51.5. The van der Waals surface area contributed by atoms with Crippen molar-refractivity contribution in [1.29, 1.82) is 0 Å². The van der Waals surface area contributed by atoms with Crippen LogP contribution in [0.25, 0.3) is 110 Å². The maximum Gasteiger partial charge on any atom is 0.145 e. The summed E-state index contributed by atoms with van der Waals surface area (Å²) >= 11 is 0. The molecule has 11 aromatic rings. The lowest BCUT2D eigenvalue weighted by Gasteiger charge is -2.18. The topological polar surface area (TPSA) is 22.2 Å². The second-order valence-corrected chi connectivity index (χ2v) is 14.0. The second kappa shape index (κ2) is 10.7. The van der Waals surface area contributed by atoms with Gasteiger partial charge in [-0.05, 0) is 98.4 Å². The van der Waals surface area contributed by atoms with Gasteiger partial charge in [-0.3, -0.25) is 4.40 Å². The summed E-state index contributed by atoms with van der Waals surface area (Å²) in [5.74, 6) is 0. The minimum Gasteiger partial charge on any atom is -0.309 e. The van der Waals surface area contributed by atoms with Gasteiger partial charge >= 0.3 is 0 Å². The van der Waals surface area contributed by atoms with Crippen molar-refractivity contribution >= 4 is 87.3 Å². The fraction of sp³-hybridized carbons (Fsp3) is 0. The highest BCUT2D eigenvalue weighted by Gasteiger charge is 2.23. The van der Waals surface area contributed by atoms with Gasteiger partial charge in [0.15, 0.2) is 0 Å². The van der Waals surface area contributed by atoms with Crippen molar-refractivity contribution in [2.24, 2.45) is 0 Å². The molecule has 0 aliphatic heterocycles. The predicted octanol–water partition coefficient (Wildman–Crippen LogP) is 13.1. The largest absolute Gasteiger partial charge is 0.309 e. The maximum absolute atomic E-state index is 4.89. The van der Waals surface area contributed by atoms with Crippen molar-refractivity contribution in [3.05, 3.63) is 182 Å². The summed E-state index contributed by atoms with van der Waals surface area (Å²) < 4.78 is 4.73. The van der Waals surface area contributed by atoms with E-state index in [9.17, 15) is 0 Å². The molecule has 3 nitrogen and oxygen atoms in total. The smallest absolute Gasteiger partial charge is 0.145 e. The molecular formula is C50H29N3. The van der Waals surface area contributed by atoms with E-state index < -0.39 is 0 Å². The van der Waals surface area contributed by atoms with E-state index in [1.807, 2.05) is 18.3 Å².